The molecule has 0 aliphatic carbocycles. The lowest BCUT2D eigenvalue weighted by Gasteiger charge is -2.23. The molecule has 1 atom stereocenters. The minimum atomic E-state index is -0.528. The van der Waals surface area contributed by atoms with E-state index in [1.165, 1.54) is 12.5 Å². The SMILES string of the molecule is O=C(NC1CCCn2ncnc21)c1cncc(F)c1. The highest BCUT2D eigenvalue weighted by Crippen LogP contribution is 2.22. The Morgan fingerprint density at radius 1 is 1.47 bits per heavy atom. The highest BCUT2D eigenvalue weighted by Gasteiger charge is 2.24. The first-order chi connectivity index (χ1) is 9.24. The zero-order valence-corrected chi connectivity index (χ0v) is 10.1. The van der Waals surface area contributed by atoms with Crippen LogP contribution >= 0.6 is 0 Å². The molecular formula is C12H12FN5O. The van der Waals surface area contributed by atoms with E-state index in [2.05, 4.69) is 20.4 Å². The molecule has 3 heterocycles. The highest BCUT2D eigenvalue weighted by molar-refractivity contribution is 5.94. The molecule has 7 heteroatoms. The van der Waals surface area contributed by atoms with Crippen LogP contribution in [0.4, 0.5) is 4.39 Å². The number of rotatable bonds is 2. The first-order valence-electron chi connectivity index (χ1n) is 6.03. The maximum Gasteiger partial charge on any atom is 0.253 e. The normalized spacial score (nSPS) is 17.8. The largest absolute Gasteiger partial charge is 0.342 e. The third-order valence-corrected chi connectivity index (χ3v) is 3.09. The Kier molecular flexibility index (Phi) is 2.94. The molecule has 0 aromatic carbocycles. The Labute approximate surface area is 108 Å². The number of nitrogens with zero attached hydrogens (tertiary/aromatic N) is 4. The molecule has 98 valence electrons. The van der Waals surface area contributed by atoms with Gasteiger partial charge >= 0.3 is 0 Å². The van der Waals surface area contributed by atoms with Crippen LogP contribution in [0.2, 0.25) is 0 Å². The van der Waals surface area contributed by atoms with Crippen molar-refractivity contribution in [2.24, 2.45) is 0 Å². The van der Waals surface area contributed by atoms with Gasteiger partial charge in [-0.1, -0.05) is 0 Å². The molecule has 0 saturated heterocycles. The molecule has 3 rings (SSSR count). The number of amides is 1. The van der Waals surface area contributed by atoms with Crippen LogP contribution in [0.3, 0.4) is 0 Å². The van der Waals surface area contributed by atoms with Crippen LogP contribution in [0.25, 0.3) is 0 Å². The molecule has 2 aromatic heterocycles. The zero-order chi connectivity index (χ0) is 13.2. The van der Waals surface area contributed by atoms with Crippen molar-refractivity contribution in [3.8, 4) is 0 Å². The van der Waals surface area contributed by atoms with Crippen LogP contribution in [0.15, 0.2) is 24.8 Å². The van der Waals surface area contributed by atoms with Crippen LogP contribution in [0.5, 0.6) is 0 Å². The van der Waals surface area contributed by atoms with Crippen LogP contribution in [-0.2, 0) is 6.54 Å². The van der Waals surface area contributed by atoms with Crippen molar-refractivity contribution in [1.82, 2.24) is 25.1 Å². The van der Waals surface area contributed by atoms with Gasteiger partial charge in [-0.15, -0.1) is 0 Å². The molecule has 2 aromatic rings. The zero-order valence-electron chi connectivity index (χ0n) is 10.1. The van der Waals surface area contributed by atoms with Crippen LogP contribution in [0, 0.1) is 5.82 Å². The predicted molar refractivity (Wildman–Crippen MR) is 63.7 cm³/mol. The summed E-state index contributed by atoms with van der Waals surface area (Å²) < 4.78 is 14.8. The van der Waals surface area contributed by atoms with Gasteiger partial charge in [0.25, 0.3) is 5.91 Å². The number of carbonyl (C=O) groups is 1. The summed E-state index contributed by atoms with van der Waals surface area (Å²) in [6.07, 6.45) is 5.60. The molecule has 0 bridgehead atoms. The molecule has 0 fully saturated rings. The van der Waals surface area contributed by atoms with Crippen molar-refractivity contribution in [2.75, 3.05) is 0 Å². The molecule has 19 heavy (non-hydrogen) atoms. The molecule has 0 radical (unpaired) electrons. The van der Waals surface area contributed by atoms with E-state index in [4.69, 9.17) is 0 Å². The molecule has 1 aliphatic heterocycles. The minimum absolute atomic E-state index is 0.188. The molecule has 1 N–H and O–H groups in total. The molecule has 0 spiro atoms. The van der Waals surface area contributed by atoms with E-state index >= 15 is 0 Å². The van der Waals surface area contributed by atoms with E-state index in [9.17, 15) is 9.18 Å². The number of aryl methyl sites for hydroxylation is 1. The van der Waals surface area contributed by atoms with Crippen LogP contribution in [0.1, 0.15) is 35.1 Å². The second kappa shape index (κ2) is 4.75. The molecule has 1 aliphatic rings. The maximum absolute atomic E-state index is 13.0. The third kappa shape index (κ3) is 2.31. The summed E-state index contributed by atoms with van der Waals surface area (Å²) in [5.41, 5.74) is 0.205. The lowest BCUT2D eigenvalue weighted by molar-refractivity contribution is 0.0926. The Morgan fingerprint density at radius 2 is 2.37 bits per heavy atom. The summed E-state index contributed by atoms with van der Waals surface area (Å²) in [6, 6.07) is 0.975. The first-order valence-corrected chi connectivity index (χ1v) is 6.03. The van der Waals surface area contributed by atoms with Gasteiger partial charge in [-0.3, -0.25) is 9.78 Å². The number of hydrogen-bond donors (Lipinski definition) is 1. The number of fused-ring (bicyclic) bond motifs is 1. The first kappa shape index (κ1) is 11.8. The third-order valence-electron chi connectivity index (χ3n) is 3.09. The lowest BCUT2D eigenvalue weighted by Crippen LogP contribution is -2.33. The van der Waals surface area contributed by atoms with Crippen molar-refractivity contribution < 1.29 is 9.18 Å². The summed E-state index contributed by atoms with van der Waals surface area (Å²) in [5.74, 6) is -0.142. The van der Waals surface area contributed by atoms with Crippen molar-refractivity contribution >= 4 is 5.91 Å². The van der Waals surface area contributed by atoms with Gasteiger partial charge in [-0.25, -0.2) is 14.1 Å². The van der Waals surface area contributed by atoms with E-state index in [0.717, 1.165) is 37.5 Å². The predicted octanol–water partition coefficient (Wildman–Crippen LogP) is 1.08. The van der Waals surface area contributed by atoms with Gasteiger partial charge in [0.1, 0.15) is 18.0 Å². The van der Waals surface area contributed by atoms with E-state index in [1.54, 1.807) is 4.68 Å². The Morgan fingerprint density at radius 3 is 3.21 bits per heavy atom. The number of pyridine rings is 1. The summed E-state index contributed by atoms with van der Waals surface area (Å²) in [6.45, 7) is 0.809. The molecule has 1 unspecified atom stereocenters. The van der Waals surface area contributed by atoms with E-state index in [1.807, 2.05) is 0 Å². The van der Waals surface area contributed by atoms with Gasteiger partial charge in [0.15, 0.2) is 0 Å². The number of nitrogens with one attached hydrogen (secondary N) is 1. The maximum atomic E-state index is 13.0. The molecule has 0 saturated carbocycles. The Bertz CT molecular complexity index is 612. The van der Waals surface area contributed by atoms with E-state index in [0.29, 0.717) is 0 Å². The summed E-state index contributed by atoms with van der Waals surface area (Å²) in [5, 5.41) is 6.92. The summed E-state index contributed by atoms with van der Waals surface area (Å²) in [7, 11) is 0. The average molecular weight is 261 g/mol. The lowest BCUT2D eigenvalue weighted by atomic mass is 10.1. The molecule has 1 amide bonds. The topological polar surface area (TPSA) is 72.7 Å². The fourth-order valence-electron chi connectivity index (χ4n) is 2.20. The average Bonchev–Trinajstić information content (AvgIpc) is 2.88. The fraction of sp³-hybridized carbons (Fsp3) is 0.333. The monoisotopic (exact) mass is 261 g/mol. The summed E-state index contributed by atoms with van der Waals surface area (Å²) in [4.78, 5) is 19.8. The summed E-state index contributed by atoms with van der Waals surface area (Å²) >= 11 is 0. The highest BCUT2D eigenvalue weighted by atomic mass is 19.1. The van der Waals surface area contributed by atoms with Gasteiger partial charge < -0.3 is 5.32 Å². The van der Waals surface area contributed by atoms with Gasteiger partial charge in [0.2, 0.25) is 0 Å². The van der Waals surface area contributed by atoms with Gasteiger partial charge in [-0.2, -0.15) is 5.10 Å². The smallest absolute Gasteiger partial charge is 0.253 e. The number of hydrogen-bond acceptors (Lipinski definition) is 4. The molecule has 6 nitrogen and oxygen atoms in total. The Hall–Kier alpha value is -2.31. The van der Waals surface area contributed by atoms with Crippen molar-refractivity contribution in [2.45, 2.75) is 25.4 Å². The second-order valence-electron chi connectivity index (χ2n) is 4.40. The quantitative estimate of drug-likeness (QED) is 0.877. The number of carbonyl (C=O) groups excluding carboxylic acids is 1. The Balaban J connectivity index is 1.78. The van der Waals surface area contributed by atoms with Crippen LogP contribution < -0.4 is 5.32 Å². The van der Waals surface area contributed by atoms with Crippen LogP contribution in [-0.4, -0.2) is 25.7 Å². The number of halogens is 1. The number of aromatic nitrogens is 4. The van der Waals surface area contributed by atoms with Gasteiger partial charge in [0, 0.05) is 12.7 Å². The van der Waals surface area contributed by atoms with E-state index in [-0.39, 0.29) is 17.5 Å². The van der Waals surface area contributed by atoms with Crippen molar-refractivity contribution in [3.63, 3.8) is 0 Å². The minimum Gasteiger partial charge on any atom is -0.342 e. The molecular weight excluding hydrogens is 249 g/mol. The standard InChI is InChI=1S/C12H12FN5O/c13-9-4-8(5-14-6-9)12(19)17-10-2-1-3-18-11(10)15-7-16-18/h4-7,10H,1-3H2,(H,17,19). The van der Waals surface area contributed by atoms with Gasteiger partial charge in [0.05, 0.1) is 17.8 Å². The fourth-order valence-corrected chi connectivity index (χ4v) is 2.20. The second-order valence-corrected chi connectivity index (χ2v) is 4.40. The van der Waals surface area contributed by atoms with Crippen molar-refractivity contribution in [3.05, 3.63) is 42.0 Å². The van der Waals surface area contributed by atoms with Crippen molar-refractivity contribution in [1.29, 1.82) is 0 Å². The van der Waals surface area contributed by atoms with Gasteiger partial charge in [-0.05, 0) is 18.9 Å². The van der Waals surface area contributed by atoms with E-state index < -0.39 is 5.82 Å².